The Bertz CT molecular complexity index is 464. The third-order valence-electron chi connectivity index (χ3n) is 4.26. The number of thiazole rings is 1. The lowest BCUT2D eigenvalue weighted by Gasteiger charge is -2.21. The summed E-state index contributed by atoms with van der Waals surface area (Å²) < 4.78 is 0. The lowest BCUT2D eigenvalue weighted by Crippen LogP contribution is -2.41. The van der Waals surface area contributed by atoms with E-state index in [1.807, 2.05) is 0 Å². The molecule has 0 radical (unpaired) electrons. The topological polar surface area (TPSA) is 57.3 Å². The van der Waals surface area contributed by atoms with E-state index in [1.54, 1.807) is 11.3 Å². The molecule has 2 aliphatic rings. The van der Waals surface area contributed by atoms with E-state index in [4.69, 9.17) is 0 Å². The minimum absolute atomic E-state index is 0.148. The second kappa shape index (κ2) is 7.22. The van der Waals surface area contributed by atoms with Gasteiger partial charge in [0.1, 0.15) is 0 Å². The van der Waals surface area contributed by atoms with Crippen LogP contribution in [0.4, 0.5) is 5.13 Å². The summed E-state index contributed by atoms with van der Waals surface area (Å²) in [5.41, 5.74) is 1.10. The van der Waals surface area contributed by atoms with Crippen LogP contribution in [0, 0.1) is 5.92 Å². The van der Waals surface area contributed by atoms with E-state index in [0.717, 1.165) is 56.3 Å². The number of nitrogens with one attached hydrogen (secondary N) is 2. The first-order valence-electron chi connectivity index (χ1n) is 8.01. The molecule has 0 spiro atoms. The molecule has 1 atom stereocenters. The fourth-order valence-corrected chi connectivity index (χ4v) is 3.91. The van der Waals surface area contributed by atoms with Gasteiger partial charge in [-0.2, -0.15) is 0 Å². The van der Waals surface area contributed by atoms with E-state index in [1.165, 1.54) is 12.8 Å². The first-order chi connectivity index (χ1) is 10.3. The fraction of sp³-hybridized carbons (Fsp3) is 0.733. The normalized spacial score (nSPS) is 22.5. The second-order valence-corrected chi connectivity index (χ2v) is 6.74. The summed E-state index contributed by atoms with van der Waals surface area (Å²) in [6, 6.07) is 0. The molecule has 1 unspecified atom stereocenters. The average Bonchev–Trinajstić information content (AvgIpc) is 3.19. The fourth-order valence-electron chi connectivity index (χ4n) is 3.00. The van der Waals surface area contributed by atoms with Gasteiger partial charge in [0, 0.05) is 38.0 Å². The highest BCUT2D eigenvalue weighted by Crippen LogP contribution is 2.24. The van der Waals surface area contributed by atoms with Gasteiger partial charge in [-0.1, -0.05) is 0 Å². The average molecular weight is 308 g/mol. The minimum Gasteiger partial charge on any atom is -0.355 e. The van der Waals surface area contributed by atoms with Crippen molar-refractivity contribution < 1.29 is 4.79 Å². The lowest BCUT2D eigenvalue weighted by atomic mass is 9.99. The SMILES string of the molecule is O=C(NCCc1csc(N2CCCC2)n1)C1CCCNC1. The van der Waals surface area contributed by atoms with Gasteiger partial charge in [-0.15, -0.1) is 11.3 Å². The molecule has 2 aliphatic heterocycles. The summed E-state index contributed by atoms with van der Waals surface area (Å²) in [4.78, 5) is 19.1. The Kier molecular flexibility index (Phi) is 5.08. The maximum Gasteiger partial charge on any atom is 0.224 e. The van der Waals surface area contributed by atoms with Crippen LogP contribution in [0.15, 0.2) is 5.38 Å². The number of carbonyl (C=O) groups is 1. The number of aromatic nitrogens is 1. The second-order valence-electron chi connectivity index (χ2n) is 5.90. The first-order valence-corrected chi connectivity index (χ1v) is 8.88. The van der Waals surface area contributed by atoms with Gasteiger partial charge in [0.2, 0.25) is 5.91 Å². The molecule has 1 aromatic heterocycles. The Morgan fingerprint density at radius 2 is 2.29 bits per heavy atom. The minimum atomic E-state index is 0.148. The molecule has 2 fully saturated rings. The molecule has 1 aromatic rings. The predicted octanol–water partition coefficient (Wildman–Crippen LogP) is 1.40. The van der Waals surface area contributed by atoms with Crippen LogP contribution in [-0.2, 0) is 11.2 Å². The zero-order chi connectivity index (χ0) is 14.5. The quantitative estimate of drug-likeness (QED) is 0.863. The number of piperidine rings is 1. The molecule has 0 bridgehead atoms. The molecule has 1 amide bonds. The molecule has 2 N–H and O–H groups in total. The van der Waals surface area contributed by atoms with Crippen LogP contribution >= 0.6 is 11.3 Å². The van der Waals surface area contributed by atoms with Gasteiger partial charge in [0.15, 0.2) is 5.13 Å². The van der Waals surface area contributed by atoms with Crippen LogP contribution in [0.3, 0.4) is 0 Å². The molecule has 0 aromatic carbocycles. The summed E-state index contributed by atoms with van der Waals surface area (Å²) in [6.45, 7) is 4.83. The Balaban J connectivity index is 1.41. The van der Waals surface area contributed by atoms with Gasteiger partial charge in [-0.3, -0.25) is 4.79 Å². The van der Waals surface area contributed by atoms with Crippen LogP contribution in [0.1, 0.15) is 31.4 Å². The van der Waals surface area contributed by atoms with Crippen molar-refractivity contribution >= 4 is 22.4 Å². The monoisotopic (exact) mass is 308 g/mol. The van der Waals surface area contributed by atoms with E-state index in [9.17, 15) is 4.79 Å². The van der Waals surface area contributed by atoms with Crippen LogP contribution in [0.2, 0.25) is 0 Å². The Morgan fingerprint density at radius 1 is 1.43 bits per heavy atom. The van der Waals surface area contributed by atoms with Crippen molar-refractivity contribution in [3.05, 3.63) is 11.1 Å². The standard InChI is InChI=1S/C15H24N4OS/c20-14(12-4-3-6-16-10-12)17-7-5-13-11-21-15(18-13)19-8-1-2-9-19/h11-12,16H,1-10H2,(H,17,20). The van der Waals surface area contributed by atoms with Gasteiger partial charge >= 0.3 is 0 Å². The molecule has 3 rings (SSSR count). The van der Waals surface area contributed by atoms with Crippen molar-refractivity contribution in [3.8, 4) is 0 Å². The number of hydrogen-bond donors (Lipinski definition) is 2. The Morgan fingerprint density at radius 3 is 3.05 bits per heavy atom. The maximum atomic E-state index is 12.0. The Labute approximate surface area is 130 Å². The summed E-state index contributed by atoms with van der Waals surface area (Å²) >= 11 is 1.73. The lowest BCUT2D eigenvalue weighted by molar-refractivity contribution is -0.125. The summed E-state index contributed by atoms with van der Waals surface area (Å²) in [7, 11) is 0. The zero-order valence-electron chi connectivity index (χ0n) is 12.4. The van der Waals surface area contributed by atoms with Gasteiger partial charge in [-0.25, -0.2) is 4.98 Å². The number of anilines is 1. The van der Waals surface area contributed by atoms with Gasteiger partial charge in [-0.05, 0) is 32.2 Å². The number of amides is 1. The van der Waals surface area contributed by atoms with E-state index >= 15 is 0 Å². The van der Waals surface area contributed by atoms with Crippen LogP contribution in [0.5, 0.6) is 0 Å². The van der Waals surface area contributed by atoms with Crippen molar-refractivity contribution in [2.45, 2.75) is 32.1 Å². The van der Waals surface area contributed by atoms with Crippen molar-refractivity contribution in [2.75, 3.05) is 37.6 Å². The summed E-state index contributed by atoms with van der Waals surface area (Å²) in [6.07, 6.45) is 5.50. The van der Waals surface area contributed by atoms with Crippen LogP contribution in [-0.4, -0.2) is 43.6 Å². The molecular formula is C15H24N4OS. The molecule has 5 nitrogen and oxygen atoms in total. The Hall–Kier alpha value is -1.14. The molecular weight excluding hydrogens is 284 g/mol. The molecule has 6 heteroatoms. The van der Waals surface area contributed by atoms with E-state index < -0.39 is 0 Å². The number of rotatable bonds is 5. The van der Waals surface area contributed by atoms with Gasteiger partial charge < -0.3 is 15.5 Å². The smallest absolute Gasteiger partial charge is 0.224 e. The number of carbonyl (C=O) groups excluding carboxylic acids is 1. The largest absolute Gasteiger partial charge is 0.355 e. The molecule has 0 saturated carbocycles. The summed E-state index contributed by atoms with van der Waals surface area (Å²) in [5, 5.41) is 9.60. The van der Waals surface area contributed by atoms with Gasteiger partial charge in [0.05, 0.1) is 11.6 Å². The highest BCUT2D eigenvalue weighted by molar-refractivity contribution is 7.13. The van der Waals surface area contributed by atoms with E-state index in [-0.39, 0.29) is 11.8 Å². The van der Waals surface area contributed by atoms with Crippen molar-refractivity contribution in [1.82, 2.24) is 15.6 Å². The maximum absolute atomic E-state index is 12.0. The molecule has 2 saturated heterocycles. The van der Waals surface area contributed by atoms with Gasteiger partial charge in [0.25, 0.3) is 0 Å². The van der Waals surface area contributed by atoms with Crippen molar-refractivity contribution in [1.29, 1.82) is 0 Å². The van der Waals surface area contributed by atoms with E-state index in [2.05, 4.69) is 25.9 Å². The number of nitrogens with zero attached hydrogens (tertiary/aromatic N) is 2. The zero-order valence-corrected chi connectivity index (χ0v) is 13.3. The van der Waals surface area contributed by atoms with E-state index in [0.29, 0.717) is 6.54 Å². The summed E-state index contributed by atoms with van der Waals surface area (Å²) in [5.74, 6) is 0.339. The highest BCUT2D eigenvalue weighted by atomic mass is 32.1. The molecule has 116 valence electrons. The van der Waals surface area contributed by atoms with Crippen LogP contribution < -0.4 is 15.5 Å². The third kappa shape index (κ3) is 3.95. The molecule has 21 heavy (non-hydrogen) atoms. The van der Waals surface area contributed by atoms with Crippen molar-refractivity contribution in [3.63, 3.8) is 0 Å². The molecule has 3 heterocycles. The van der Waals surface area contributed by atoms with Crippen LogP contribution in [0.25, 0.3) is 0 Å². The highest BCUT2D eigenvalue weighted by Gasteiger charge is 2.20. The molecule has 0 aliphatic carbocycles. The first kappa shape index (κ1) is 14.8. The third-order valence-corrected chi connectivity index (χ3v) is 5.21. The number of hydrogen-bond acceptors (Lipinski definition) is 5. The van der Waals surface area contributed by atoms with Crippen molar-refractivity contribution in [2.24, 2.45) is 5.92 Å². The predicted molar refractivity (Wildman–Crippen MR) is 85.9 cm³/mol.